The number of rotatable bonds is 3. The van der Waals surface area contributed by atoms with Gasteiger partial charge in [0.1, 0.15) is 0 Å². The summed E-state index contributed by atoms with van der Waals surface area (Å²) < 4.78 is 0. The average Bonchev–Trinajstić information content (AvgIpc) is 2.35. The van der Waals surface area contributed by atoms with Crippen LogP contribution in [0.2, 0.25) is 0 Å². The highest BCUT2D eigenvalue weighted by molar-refractivity contribution is 5.07. The van der Waals surface area contributed by atoms with Gasteiger partial charge in [-0.1, -0.05) is 33.6 Å². The third kappa shape index (κ3) is 1.60. The molecule has 0 nitrogen and oxygen atoms in total. The third-order valence-electron chi connectivity index (χ3n) is 3.52. The van der Waals surface area contributed by atoms with Gasteiger partial charge in [-0.25, -0.2) is 0 Å². The molecular formula is C11H21. The summed E-state index contributed by atoms with van der Waals surface area (Å²) in [5, 5.41) is 0. The van der Waals surface area contributed by atoms with Crippen molar-refractivity contribution in [2.24, 2.45) is 5.41 Å². The average molecular weight is 153 g/mol. The van der Waals surface area contributed by atoms with Crippen molar-refractivity contribution in [3.8, 4) is 0 Å². The Morgan fingerprint density at radius 2 is 2.09 bits per heavy atom. The quantitative estimate of drug-likeness (QED) is 0.575. The van der Waals surface area contributed by atoms with Crippen LogP contribution < -0.4 is 0 Å². The highest BCUT2D eigenvalue weighted by atomic mass is 14.4. The first kappa shape index (κ1) is 9.09. The Hall–Kier alpha value is 0. The van der Waals surface area contributed by atoms with Crippen LogP contribution in [0.1, 0.15) is 59.3 Å². The molecule has 1 atom stereocenters. The summed E-state index contributed by atoms with van der Waals surface area (Å²) >= 11 is 0. The van der Waals surface area contributed by atoms with Gasteiger partial charge in [0.2, 0.25) is 0 Å². The van der Waals surface area contributed by atoms with E-state index in [1.807, 2.05) is 0 Å². The van der Waals surface area contributed by atoms with Gasteiger partial charge in [0.25, 0.3) is 0 Å². The molecule has 1 unspecified atom stereocenters. The summed E-state index contributed by atoms with van der Waals surface area (Å²) in [5.41, 5.74) is 0.661. The fourth-order valence-electron chi connectivity index (χ4n) is 2.64. The Kier molecular flexibility index (Phi) is 2.98. The van der Waals surface area contributed by atoms with E-state index in [1.165, 1.54) is 38.5 Å². The van der Waals surface area contributed by atoms with E-state index in [1.54, 1.807) is 5.92 Å². The largest absolute Gasteiger partial charge is 0.0654 e. The maximum atomic E-state index is 2.37. The molecule has 0 saturated heterocycles. The first-order chi connectivity index (χ1) is 5.25. The Labute approximate surface area is 71.4 Å². The lowest BCUT2D eigenvalue weighted by molar-refractivity contribution is 0.284. The van der Waals surface area contributed by atoms with Gasteiger partial charge in [-0.05, 0) is 37.0 Å². The van der Waals surface area contributed by atoms with Gasteiger partial charge < -0.3 is 0 Å². The van der Waals surface area contributed by atoms with E-state index in [0.717, 1.165) is 0 Å². The van der Waals surface area contributed by atoms with Crippen LogP contribution in [0, 0.1) is 11.3 Å². The molecule has 1 radical (unpaired) electrons. The second-order valence-electron chi connectivity index (χ2n) is 4.02. The van der Waals surface area contributed by atoms with E-state index < -0.39 is 0 Å². The summed E-state index contributed by atoms with van der Waals surface area (Å²) in [5.74, 6) is 1.78. The predicted octanol–water partition coefficient (Wildman–Crippen LogP) is 3.96. The van der Waals surface area contributed by atoms with Crippen LogP contribution in [0.15, 0.2) is 0 Å². The first-order valence-corrected chi connectivity index (χ1v) is 5.08. The molecule has 1 aliphatic rings. The zero-order valence-corrected chi connectivity index (χ0v) is 8.24. The Balaban J connectivity index is 2.57. The van der Waals surface area contributed by atoms with Gasteiger partial charge in [0, 0.05) is 0 Å². The number of hydrogen-bond acceptors (Lipinski definition) is 0. The monoisotopic (exact) mass is 153 g/mol. The van der Waals surface area contributed by atoms with Crippen LogP contribution in [0.3, 0.4) is 0 Å². The molecule has 0 heteroatoms. The molecule has 0 amide bonds. The van der Waals surface area contributed by atoms with Crippen molar-refractivity contribution in [1.29, 1.82) is 0 Å². The second kappa shape index (κ2) is 3.60. The van der Waals surface area contributed by atoms with E-state index >= 15 is 0 Å². The Morgan fingerprint density at radius 3 is 2.45 bits per heavy atom. The molecule has 0 bridgehead atoms. The van der Waals surface area contributed by atoms with Crippen molar-refractivity contribution in [1.82, 2.24) is 0 Å². The Bertz CT molecular complexity index is 117. The molecule has 1 saturated carbocycles. The van der Waals surface area contributed by atoms with E-state index in [2.05, 4.69) is 20.8 Å². The first-order valence-electron chi connectivity index (χ1n) is 5.08. The predicted molar refractivity (Wildman–Crippen MR) is 50.4 cm³/mol. The van der Waals surface area contributed by atoms with Crippen LogP contribution >= 0.6 is 0 Å². The summed E-state index contributed by atoms with van der Waals surface area (Å²) in [6.07, 6.45) is 8.45. The lowest BCUT2D eigenvalue weighted by Crippen LogP contribution is -2.20. The molecule has 11 heavy (non-hydrogen) atoms. The molecule has 0 aromatic heterocycles. The summed E-state index contributed by atoms with van der Waals surface area (Å²) in [6.45, 7) is 7.03. The molecule has 1 aliphatic carbocycles. The summed E-state index contributed by atoms with van der Waals surface area (Å²) in [4.78, 5) is 0. The molecule has 0 aromatic carbocycles. The minimum atomic E-state index is 0.661. The van der Waals surface area contributed by atoms with Gasteiger partial charge in [0.15, 0.2) is 0 Å². The lowest BCUT2D eigenvalue weighted by Gasteiger charge is -2.32. The minimum Gasteiger partial charge on any atom is -0.0654 e. The van der Waals surface area contributed by atoms with Gasteiger partial charge in [-0.15, -0.1) is 0 Å². The zero-order chi connectivity index (χ0) is 8.32. The molecule has 65 valence electrons. The van der Waals surface area contributed by atoms with Crippen molar-refractivity contribution >= 4 is 0 Å². The second-order valence-corrected chi connectivity index (χ2v) is 4.02. The lowest BCUT2D eigenvalue weighted by atomic mass is 9.73. The topological polar surface area (TPSA) is 0 Å². The molecule has 0 heterocycles. The minimum absolute atomic E-state index is 0.661. The van der Waals surface area contributed by atoms with Gasteiger partial charge in [0.05, 0.1) is 0 Å². The fourth-order valence-corrected chi connectivity index (χ4v) is 2.64. The molecular weight excluding hydrogens is 132 g/mol. The van der Waals surface area contributed by atoms with Crippen LogP contribution in [0.4, 0.5) is 0 Å². The van der Waals surface area contributed by atoms with Crippen molar-refractivity contribution in [3.05, 3.63) is 5.92 Å². The molecule has 1 rings (SSSR count). The standard InChI is InChI=1S/C11H21/c1-4-8-11(5-2)9-6-7-10(11)3/h4-9H2,1-3H3. The van der Waals surface area contributed by atoms with Crippen LogP contribution in [-0.4, -0.2) is 0 Å². The Morgan fingerprint density at radius 1 is 1.36 bits per heavy atom. The van der Waals surface area contributed by atoms with Gasteiger partial charge in [-0.2, -0.15) is 0 Å². The maximum Gasteiger partial charge on any atom is -0.0210 e. The van der Waals surface area contributed by atoms with Gasteiger partial charge >= 0.3 is 0 Å². The van der Waals surface area contributed by atoms with Crippen LogP contribution in [-0.2, 0) is 0 Å². The smallest absolute Gasteiger partial charge is 0.0210 e. The zero-order valence-electron chi connectivity index (χ0n) is 8.24. The molecule has 0 spiro atoms. The maximum absolute atomic E-state index is 2.37. The highest BCUT2D eigenvalue weighted by Gasteiger charge is 2.37. The fraction of sp³-hybridized carbons (Fsp3) is 0.909. The number of hydrogen-bond donors (Lipinski definition) is 0. The van der Waals surface area contributed by atoms with E-state index in [9.17, 15) is 0 Å². The van der Waals surface area contributed by atoms with E-state index in [-0.39, 0.29) is 0 Å². The molecule has 0 N–H and O–H groups in total. The highest BCUT2D eigenvalue weighted by Crippen LogP contribution is 2.50. The normalized spacial score (nSPS) is 33.0. The van der Waals surface area contributed by atoms with E-state index in [4.69, 9.17) is 0 Å². The summed E-state index contributed by atoms with van der Waals surface area (Å²) in [6, 6.07) is 0. The van der Waals surface area contributed by atoms with Crippen molar-refractivity contribution in [2.45, 2.75) is 59.3 Å². The SMILES string of the molecule is CCCC1(CC)CCC[C]1C. The van der Waals surface area contributed by atoms with E-state index in [0.29, 0.717) is 5.41 Å². The van der Waals surface area contributed by atoms with Gasteiger partial charge in [-0.3, -0.25) is 0 Å². The molecule has 0 aliphatic heterocycles. The molecule has 1 fully saturated rings. The van der Waals surface area contributed by atoms with Crippen molar-refractivity contribution in [2.75, 3.05) is 0 Å². The van der Waals surface area contributed by atoms with Crippen LogP contribution in [0.5, 0.6) is 0 Å². The van der Waals surface area contributed by atoms with Crippen molar-refractivity contribution in [3.63, 3.8) is 0 Å². The van der Waals surface area contributed by atoms with Crippen molar-refractivity contribution < 1.29 is 0 Å². The van der Waals surface area contributed by atoms with Crippen LogP contribution in [0.25, 0.3) is 0 Å². The molecule has 0 aromatic rings. The summed E-state index contributed by atoms with van der Waals surface area (Å²) in [7, 11) is 0. The third-order valence-corrected chi connectivity index (χ3v) is 3.52.